The zero-order valence-corrected chi connectivity index (χ0v) is 22.6. The third-order valence-electron chi connectivity index (χ3n) is 6.68. The van der Waals surface area contributed by atoms with E-state index in [0.717, 1.165) is 44.3 Å². The molecule has 6 rings (SSSR count). The van der Waals surface area contributed by atoms with E-state index in [1.807, 2.05) is 25.1 Å². The zero-order chi connectivity index (χ0) is 26.1. The summed E-state index contributed by atoms with van der Waals surface area (Å²) in [4.78, 5) is 21.9. The molecule has 3 heterocycles. The van der Waals surface area contributed by atoms with Gasteiger partial charge in [-0.2, -0.15) is 0 Å². The zero-order valence-electron chi connectivity index (χ0n) is 21.8. The van der Waals surface area contributed by atoms with Crippen LogP contribution in [0.5, 0.6) is 5.75 Å². The summed E-state index contributed by atoms with van der Waals surface area (Å²) in [6.45, 7) is 7.34. The monoisotopic (exact) mass is 536 g/mol. The number of thiazole rings is 1. The van der Waals surface area contributed by atoms with E-state index in [4.69, 9.17) is 15.5 Å². The van der Waals surface area contributed by atoms with Gasteiger partial charge in [-0.3, -0.25) is 4.79 Å². The highest BCUT2D eigenvalue weighted by molar-refractivity contribution is 7.22. The Hall–Kier alpha value is -3.56. The normalized spacial score (nSPS) is 15.6. The number of anilines is 1. The number of carbonyl (C=O) groups excluding carboxylic acids is 1. The topological polar surface area (TPSA) is 122 Å². The molecule has 4 aromatic rings. The third-order valence-corrected chi connectivity index (χ3v) is 7.51. The molecule has 5 N–H and O–H groups in total. The summed E-state index contributed by atoms with van der Waals surface area (Å²) in [5.74, 6) is 1.65. The summed E-state index contributed by atoms with van der Waals surface area (Å²) in [7, 11) is 0. The third kappa shape index (κ3) is 6.11. The van der Waals surface area contributed by atoms with E-state index in [1.165, 1.54) is 36.3 Å². The van der Waals surface area contributed by atoms with Crippen LogP contribution in [0.2, 0.25) is 0 Å². The maximum atomic E-state index is 13.4. The first-order chi connectivity index (χ1) is 17.8. The number of rotatable bonds is 5. The Morgan fingerprint density at radius 2 is 1.87 bits per heavy atom. The van der Waals surface area contributed by atoms with Gasteiger partial charge in [-0.25, -0.2) is 14.4 Å². The molecule has 2 aliphatic rings. The summed E-state index contributed by atoms with van der Waals surface area (Å²) in [6.07, 6.45) is 3.54. The average Bonchev–Trinajstić information content (AvgIpc) is 3.42. The second-order valence-corrected chi connectivity index (χ2v) is 11.0. The van der Waals surface area contributed by atoms with Gasteiger partial charge >= 0.3 is 0 Å². The molecule has 0 radical (unpaired) electrons. The molecule has 1 unspecified atom stereocenters. The van der Waals surface area contributed by atoms with Crippen LogP contribution in [0.15, 0.2) is 42.5 Å². The SMILES string of the molecule is CC1CC1.Cc1cc(C(=O)NCCc2cc3c(c(-c4ccc(F)cc4)n2)OCC3C)cc2sc(N)nc12.O. The molecule has 1 aliphatic heterocycles. The fraction of sp³-hybridized carbons (Fsp3) is 0.345. The van der Waals surface area contributed by atoms with Crippen LogP contribution in [0.3, 0.4) is 0 Å². The number of halogens is 1. The number of nitrogens with two attached hydrogens (primary N) is 1. The van der Waals surface area contributed by atoms with Crippen molar-refractivity contribution < 1.29 is 19.4 Å². The molecule has 7 nitrogen and oxygen atoms in total. The lowest BCUT2D eigenvalue weighted by atomic mass is 9.99. The van der Waals surface area contributed by atoms with E-state index < -0.39 is 0 Å². The number of nitrogen functional groups attached to an aromatic ring is 1. The number of nitrogens with zero attached hydrogens (tertiary/aromatic N) is 2. The highest BCUT2D eigenvalue weighted by Gasteiger charge is 2.26. The maximum Gasteiger partial charge on any atom is 0.251 e. The van der Waals surface area contributed by atoms with Crippen molar-refractivity contribution in [2.45, 2.75) is 46.0 Å². The van der Waals surface area contributed by atoms with E-state index in [9.17, 15) is 9.18 Å². The number of nitrogens with one attached hydrogen (secondary N) is 1. The van der Waals surface area contributed by atoms with E-state index >= 15 is 0 Å². The predicted octanol–water partition coefficient (Wildman–Crippen LogP) is 5.45. The Balaban J connectivity index is 0.000000616. The number of benzene rings is 2. The Morgan fingerprint density at radius 1 is 1.16 bits per heavy atom. The van der Waals surface area contributed by atoms with Crippen molar-refractivity contribution in [3.05, 3.63) is 70.7 Å². The molecule has 9 heteroatoms. The Bertz CT molecular complexity index is 1450. The van der Waals surface area contributed by atoms with Gasteiger partial charge in [0.25, 0.3) is 5.91 Å². The molecule has 1 atom stereocenters. The summed E-state index contributed by atoms with van der Waals surface area (Å²) in [5, 5.41) is 3.47. The van der Waals surface area contributed by atoms with Crippen LogP contribution >= 0.6 is 11.3 Å². The van der Waals surface area contributed by atoms with Crippen LogP contribution < -0.4 is 15.8 Å². The molecule has 200 valence electrons. The molecule has 0 spiro atoms. The molecule has 1 aliphatic carbocycles. The second-order valence-electron chi connectivity index (χ2n) is 9.98. The Morgan fingerprint density at radius 3 is 2.55 bits per heavy atom. The fourth-order valence-electron chi connectivity index (χ4n) is 4.27. The summed E-state index contributed by atoms with van der Waals surface area (Å²) >= 11 is 1.37. The largest absolute Gasteiger partial charge is 0.490 e. The van der Waals surface area contributed by atoms with Crippen LogP contribution in [0.1, 0.15) is 59.8 Å². The predicted molar refractivity (Wildman–Crippen MR) is 150 cm³/mol. The van der Waals surface area contributed by atoms with Crippen molar-refractivity contribution in [3.8, 4) is 17.0 Å². The number of hydrogen-bond donors (Lipinski definition) is 2. The first kappa shape index (κ1) is 27.5. The Kier molecular flexibility index (Phi) is 8.28. The molecule has 1 saturated carbocycles. The molecule has 2 aromatic heterocycles. The number of fused-ring (bicyclic) bond motifs is 2. The second kappa shape index (κ2) is 11.4. The number of hydrogen-bond acceptors (Lipinski definition) is 6. The number of carbonyl (C=O) groups is 1. The van der Waals surface area contributed by atoms with E-state index in [2.05, 4.69) is 24.1 Å². The van der Waals surface area contributed by atoms with E-state index in [1.54, 1.807) is 12.1 Å². The Labute approximate surface area is 225 Å². The van der Waals surface area contributed by atoms with Gasteiger partial charge in [0.15, 0.2) is 5.13 Å². The number of aryl methyl sites for hydroxylation is 1. The first-order valence-electron chi connectivity index (χ1n) is 12.7. The molecular weight excluding hydrogens is 503 g/mol. The van der Waals surface area contributed by atoms with E-state index in [-0.39, 0.29) is 23.1 Å². The smallest absolute Gasteiger partial charge is 0.251 e. The molecule has 0 bridgehead atoms. The van der Waals surface area contributed by atoms with Crippen LogP contribution in [-0.4, -0.2) is 34.5 Å². The molecule has 1 fully saturated rings. The standard InChI is InChI=1S/C25H23FN4O2S.C4H8.H2O/c1-13-9-16(10-20-21(13)30-25(27)33-20)24(31)28-8-7-18-11-19-14(2)12-32-23(19)22(29-18)15-3-5-17(26)6-4-15;1-4-2-3-4;/h3-6,9-11,14H,7-8,12H2,1-2H3,(H2,27,30)(H,28,31);4H,2-3H2,1H3;1H2. The minimum absolute atomic E-state index is 0. The maximum absolute atomic E-state index is 13.4. The first-order valence-corrected chi connectivity index (χ1v) is 13.5. The number of pyridine rings is 1. The fourth-order valence-corrected chi connectivity index (χ4v) is 5.13. The van der Waals surface area contributed by atoms with Crippen LogP contribution in [0.4, 0.5) is 9.52 Å². The van der Waals surface area contributed by atoms with Crippen molar-refractivity contribution in [2.24, 2.45) is 5.92 Å². The minimum Gasteiger partial charge on any atom is -0.490 e. The van der Waals surface area contributed by atoms with Crippen LogP contribution in [0, 0.1) is 18.7 Å². The van der Waals surface area contributed by atoms with Crippen molar-refractivity contribution in [1.82, 2.24) is 15.3 Å². The molecular formula is C29H33FN4O3S. The minimum atomic E-state index is -0.294. The molecule has 2 aromatic carbocycles. The van der Waals surface area contributed by atoms with E-state index in [0.29, 0.717) is 36.0 Å². The van der Waals surface area contributed by atoms with Gasteiger partial charge in [0.2, 0.25) is 0 Å². The quantitative estimate of drug-likeness (QED) is 0.351. The van der Waals surface area contributed by atoms with Gasteiger partial charge in [-0.1, -0.05) is 38.0 Å². The molecule has 0 saturated heterocycles. The number of amides is 1. The summed E-state index contributed by atoms with van der Waals surface area (Å²) < 4.78 is 20.2. The van der Waals surface area contributed by atoms with Gasteiger partial charge in [-0.15, -0.1) is 0 Å². The van der Waals surface area contributed by atoms with Gasteiger partial charge in [-0.05, 0) is 60.9 Å². The lowest BCUT2D eigenvalue weighted by molar-refractivity contribution is 0.0954. The number of ether oxygens (including phenoxy) is 1. The highest BCUT2D eigenvalue weighted by Crippen LogP contribution is 2.41. The van der Waals surface area contributed by atoms with Crippen molar-refractivity contribution in [1.29, 1.82) is 0 Å². The average molecular weight is 537 g/mol. The van der Waals surface area contributed by atoms with Gasteiger partial charge in [0.05, 0.1) is 16.8 Å². The van der Waals surface area contributed by atoms with Gasteiger partial charge in [0.1, 0.15) is 17.3 Å². The number of aromatic nitrogens is 2. The van der Waals surface area contributed by atoms with Crippen molar-refractivity contribution >= 4 is 32.6 Å². The van der Waals surface area contributed by atoms with Crippen molar-refractivity contribution in [2.75, 3.05) is 18.9 Å². The summed E-state index contributed by atoms with van der Waals surface area (Å²) in [6, 6.07) is 12.0. The lowest BCUT2D eigenvalue weighted by Gasteiger charge is -2.12. The molecule has 38 heavy (non-hydrogen) atoms. The summed E-state index contributed by atoms with van der Waals surface area (Å²) in [5.41, 5.74) is 11.6. The van der Waals surface area contributed by atoms with Crippen molar-refractivity contribution in [3.63, 3.8) is 0 Å². The van der Waals surface area contributed by atoms with Crippen LogP contribution in [0.25, 0.3) is 21.5 Å². The van der Waals surface area contributed by atoms with Gasteiger partial charge < -0.3 is 21.3 Å². The highest BCUT2D eigenvalue weighted by atomic mass is 32.1. The molecule has 1 amide bonds. The lowest BCUT2D eigenvalue weighted by Crippen LogP contribution is -2.26. The van der Waals surface area contributed by atoms with Gasteiger partial charge in [0, 0.05) is 41.3 Å². The van der Waals surface area contributed by atoms with Crippen LogP contribution in [-0.2, 0) is 6.42 Å².